The van der Waals surface area contributed by atoms with Crippen LogP contribution in [0.15, 0.2) is 30.3 Å². The summed E-state index contributed by atoms with van der Waals surface area (Å²) in [7, 11) is 1.83. The highest BCUT2D eigenvalue weighted by Gasteiger charge is 2.21. The van der Waals surface area contributed by atoms with Crippen molar-refractivity contribution in [3.63, 3.8) is 0 Å². The Morgan fingerprint density at radius 1 is 1.44 bits per heavy atom. The average molecular weight is 220 g/mol. The standard InChI is InChI=1S/C13H18NO2/c1-3-7-12(13(15)16)14(2)10-11-8-5-4-6-9-11/h4-6,8-9,12H,1,3,7,10H2,2H3,(H,15,16)/t12-/m0/s1. The van der Waals surface area contributed by atoms with Gasteiger partial charge in [0.15, 0.2) is 0 Å². The van der Waals surface area contributed by atoms with Crippen molar-refractivity contribution in [1.29, 1.82) is 0 Å². The number of aliphatic carboxylic acids is 1. The summed E-state index contributed by atoms with van der Waals surface area (Å²) in [6, 6.07) is 9.42. The molecule has 0 saturated carbocycles. The molecule has 87 valence electrons. The van der Waals surface area contributed by atoms with Gasteiger partial charge in [0.05, 0.1) is 0 Å². The van der Waals surface area contributed by atoms with Crippen LogP contribution in [0.25, 0.3) is 0 Å². The monoisotopic (exact) mass is 220 g/mol. The van der Waals surface area contributed by atoms with Crippen LogP contribution in [0, 0.1) is 6.92 Å². The van der Waals surface area contributed by atoms with Crippen molar-refractivity contribution < 1.29 is 9.90 Å². The van der Waals surface area contributed by atoms with E-state index in [-0.39, 0.29) is 0 Å². The molecular formula is C13H18NO2. The van der Waals surface area contributed by atoms with E-state index in [2.05, 4.69) is 6.92 Å². The van der Waals surface area contributed by atoms with E-state index in [1.807, 2.05) is 42.3 Å². The highest BCUT2D eigenvalue weighted by Crippen LogP contribution is 2.10. The Hall–Kier alpha value is -1.35. The molecule has 0 heterocycles. The van der Waals surface area contributed by atoms with Gasteiger partial charge in [-0.3, -0.25) is 9.69 Å². The van der Waals surface area contributed by atoms with E-state index in [1.165, 1.54) is 0 Å². The Morgan fingerprint density at radius 3 is 2.56 bits per heavy atom. The summed E-state index contributed by atoms with van der Waals surface area (Å²) in [5.41, 5.74) is 1.13. The first kappa shape index (κ1) is 12.7. The third-order valence-corrected chi connectivity index (χ3v) is 2.57. The fourth-order valence-corrected chi connectivity index (χ4v) is 1.71. The van der Waals surface area contributed by atoms with Gasteiger partial charge in [0.2, 0.25) is 0 Å². The van der Waals surface area contributed by atoms with Gasteiger partial charge in [-0.15, -0.1) is 0 Å². The highest BCUT2D eigenvalue weighted by atomic mass is 16.4. The molecule has 0 saturated heterocycles. The summed E-state index contributed by atoms with van der Waals surface area (Å²) in [6.45, 7) is 4.36. The molecule has 0 spiro atoms. The van der Waals surface area contributed by atoms with Crippen LogP contribution in [0.4, 0.5) is 0 Å². The lowest BCUT2D eigenvalue weighted by Gasteiger charge is -2.24. The molecule has 0 aliphatic rings. The van der Waals surface area contributed by atoms with E-state index in [0.717, 1.165) is 5.56 Å². The zero-order valence-electron chi connectivity index (χ0n) is 9.60. The van der Waals surface area contributed by atoms with E-state index >= 15 is 0 Å². The summed E-state index contributed by atoms with van der Waals surface area (Å²) < 4.78 is 0. The molecule has 0 aromatic heterocycles. The Balaban J connectivity index is 2.62. The number of carbonyl (C=O) groups is 1. The summed E-state index contributed by atoms with van der Waals surface area (Å²) in [5, 5.41) is 9.08. The number of carboxylic acids is 1. The van der Waals surface area contributed by atoms with Crippen LogP contribution in [0.2, 0.25) is 0 Å². The number of hydrogen-bond acceptors (Lipinski definition) is 2. The molecule has 0 amide bonds. The van der Waals surface area contributed by atoms with E-state index in [9.17, 15) is 4.79 Å². The molecule has 1 aromatic rings. The maximum absolute atomic E-state index is 11.1. The molecule has 1 aromatic carbocycles. The molecule has 0 unspecified atom stereocenters. The number of rotatable bonds is 6. The van der Waals surface area contributed by atoms with Crippen LogP contribution in [0.5, 0.6) is 0 Å². The van der Waals surface area contributed by atoms with Gasteiger partial charge >= 0.3 is 5.97 Å². The van der Waals surface area contributed by atoms with Gasteiger partial charge in [-0.1, -0.05) is 43.7 Å². The molecule has 3 nitrogen and oxygen atoms in total. The zero-order chi connectivity index (χ0) is 12.0. The maximum atomic E-state index is 11.1. The highest BCUT2D eigenvalue weighted by molar-refractivity contribution is 5.73. The van der Waals surface area contributed by atoms with Crippen molar-refractivity contribution >= 4 is 5.97 Å². The minimum atomic E-state index is -0.776. The van der Waals surface area contributed by atoms with Gasteiger partial charge < -0.3 is 5.11 Å². The topological polar surface area (TPSA) is 40.5 Å². The normalized spacial score (nSPS) is 12.7. The van der Waals surface area contributed by atoms with Gasteiger partial charge in [-0.25, -0.2) is 0 Å². The Bertz CT molecular complexity index is 324. The number of likely N-dealkylation sites (N-methyl/N-ethyl adjacent to an activating group) is 1. The summed E-state index contributed by atoms with van der Waals surface area (Å²) in [6.07, 6.45) is 1.22. The predicted octanol–water partition coefficient (Wildman–Crippen LogP) is 2.19. The molecule has 16 heavy (non-hydrogen) atoms. The quantitative estimate of drug-likeness (QED) is 0.799. The fourth-order valence-electron chi connectivity index (χ4n) is 1.71. The van der Waals surface area contributed by atoms with Gasteiger partial charge in [0, 0.05) is 6.54 Å². The first-order valence-electron chi connectivity index (χ1n) is 5.41. The van der Waals surface area contributed by atoms with Crippen molar-refractivity contribution in [2.24, 2.45) is 0 Å². The lowest BCUT2D eigenvalue weighted by Crippen LogP contribution is -2.37. The molecule has 3 heteroatoms. The van der Waals surface area contributed by atoms with Gasteiger partial charge in [0.25, 0.3) is 0 Å². The van der Waals surface area contributed by atoms with E-state index in [4.69, 9.17) is 5.11 Å². The summed E-state index contributed by atoms with van der Waals surface area (Å²) in [5.74, 6) is -0.776. The third kappa shape index (κ3) is 3.66. The van der Waals surface area contributed by atoms with Crippen molar-refractivity contribution in [1.82, 2.24) is 4.90 Å². The van der Waals surface area contributed by atoms with Crippen LogP contribution in [-0.2, 0) is 11.3 Å². The van der Waals surface area contributed by atoms with E-state index < -0.39 is 12.0 Å². The second-order valence-corrected chi connectivity index (χ2v) is 3.90. The fraction of sp³-hybridized carbons (Fsp3) is 0.385. The first-order valence-corrected chi connectivity index (χ1v) is 5.41. The predicted molar refractivity (Wildman–Crippen MR) is 63.9 cm³/mol. The summed E-state index contributed by atoms with van der Waals surface area (Å²) >= 11 is 0. The van der Waals surface area contributed by atoms with Crippen LogP contribution in [0.1, 0.15) is 18.4 Å². The van der Waals surface area contributed by atoms with Crippen LogP contribution in [-0.4, -0.2) is 29.1 Å². The number of hydrogen-bond donors (Lipinski definition) is 1. The van der Waals surface area contributed by atoms with Crippen LogP contribution >= 0.6 is 0 Å². The molecule has 1 radical (unpaired) electrons. The molecule has 1 rings (SSSR count). The summed E-state index contributed by atoms with van der Waals surface area (Å²) in [4.78, 5) is 12.9. The Labute approximate surface area is 96.7 Å². The molecule has 1 atom stereocenters. The SMILES string of the molecule is [CH2]CC[C@@H](C(=O)O)N(C)Cc1ccccc1. The molecule has 0 fully saturated rings. The van der Waals surface area contributed by atoms with Gasteiger partial charge in [-0.05, 0) is 19.0 Å². The van der Waals surface area contributed by atoms with E-state index in [0.29, 0.717) is 19.4 Å². The Morgan fingerprint density at radius 2 is 2.06 bits per heavy atom. The lowest BCUT2D eigenvalue weighted by molar-refractivity contribution is -0.143. The molecule has 1 N–H and O–H groups in total. The van der Waals surface area contributed by atoms with Crippen LogP contribution in [0.3, 0.4) is 0 Å². The third-order valence-electron chi connectivity index (χ3n) is 2.57. The maximum Gasteiger partial charge on any atom is 0.320 e. The smallest absolute Gasteiger partial charge is 0.320 e. The second kappa shape index (κ2) is 6.28. The molecule has 0 aliphatic heterocycles. The van der Waals surface area contributed by atoms with Crippen molar-refractivity contribution in [2.45, 2.75) is 25.4 Å². The Kier molecular flexibility index (Phi) is 4.99. The molecule has 0 aliphatic carbocycles. The number of benzene rings is 1. The average Bonchev–Trinajstić information content (AvgIpc) is 2.26. The first-order chi connectivity index (χ1) is 7.65. The van der Waals surface area contributed by atoms with E-state index in [1.54, 1.807) is 0 Å². The minimum Gasteiger partial charge on any atom is -0.480 e. The number of nitrogens with zero attached hydrogens (tertiary/aromatic N) is 1. The van der Waals surface area contributed by atoms with Crippen molar-refractivity contribution in [3.8, 4) is 0 Å². The second-order valence-electron chi connectivity index (χ2n) is 3.90. The number of carboxylic acid groups (broad SMARTS) is 1. The molecule has 0 bridgehead atoms. The van der Waals surface area contributed by atoms with Gasteiger partial charge in [-0.2, -0.15) is 0 Å². The van der Waals surface area contributed by atoms with Gasteiger partial charge in [0.1, 0.15) is 6.04 Å². The molecular weight excluding hydrogens is 202 g/mol. The van der Waals surface area contributed by atoms with Crippen molar-refractivity contribution in [2.75, 3.05) is 7.05 Å². The van der Waals surface area contributed by atoms with Crippen molar-refractivity contribution in [3.05, 3.63) is 42.8 Å². The van der Waals surface area contributed by atoms with Crippen LogP contribution < -0.4 is 0 Å². The zero-order valence-corrected chi connectivity index (χ0v) is 9.60. The lowest BCUT2D eigenvalue weighted by atomic mass is 10.1. The minimum absolute atomic E-state index is 0.447. The largest absolute Gasteiger partial charge is 0.480 e.